The fourth-order valence-corrected chi connectivity index (χ4v) is 1.39. The summed E-state index contributed by atoms with van der Waals surface area (Å²) in [6.07, 6.45) is 0.147. The van der Waals surface area contributed by atoms with Crippen LogP contribution in [0.25, 0.3) is 0 Å². The lowest BCUT2D eigenvalue weighted by atomic mass is 10.0. The van der Waals surface area contributed by atoms with Gasteiger partial charge >= 0.3 is 0 Å². The van der Waals surface area contributed by atoms with Crippen LogP contribution in [0.15, 0.2) is 18.2 Å². The lowest BCUT2D eigenvalue weighted by Gasteiger charge is -2.13. The lowest BCUT2D eigenvalue weighted by Crippen LogP contribution is -2.18. The number of aldehydes is 1. The minimum Gasteiger partial charge on any atom is -0.387 e. The van der Waals surface area contributed by atoms with Crippen molar-refractivity contribution >= 4 is 6.29 Å². The first-order chi connectivity index (χ1) is 6.69. The van der Waals surface area contributed by atoms with Gasteiger partial charge in [-0.2, -0.15) is 0 Å². The van der Waals surface area contributed by atoms with Crippen LogP contribution in [0.2, 0.25) is 0 Å². The Morgan fingerprint density at radius 3 is 2.86 bits per heavy atom. The second-order valence-corrected chi connectivity index (χ2v) is 3.32. The van der Waals surface area contributed by atoms with E-state index in [9.17, 15) is 9.90 Å². The molecule has 0 heterocycles. The molecule has 3 nitrogen and oxygen atoms in total. The molecule has 1 aromatic rings. The van der Waals surface area contributed by atoms with Crippen LogP contribution in [0.4, 0.5) is 0 Å². The minimum absolute atomic E-state index is 0.449. The van der Waals surface area contributed by atoms with Crippen LogP contribution in [0.3, 0.4) is 0 Å². The molecule has 0 radical (unpaired) electrons. The molecule has 14 heavy (non-hydrogen) atoms. The Bertz CT molecular complexity index is 323. The summed E-state index contributed by atoms with van der Waals surface area (Å²) < 4.78 is 0. The highest BCUT2D eigenvalue weighted by Gasteiger charge is 2.10. The molecule has 1 aromatic carbocycles. The number of nitrogens with one attached hydrogen (secondary N) is 1. The van der Waals surface area contributed by atoms with Gasteiger partial charge in [0.1, 0.15) is 6.29 Å². The summed E-state index contributed by atoms with van der Waals surface area (Å²) >= 11 is 0. The average Bonchev–Trinajstić information content (AvgIpc) is 2.18. The van der Waals surface area contributed by atoms with Crippen LogP contribution in [0, 0.1) is 6.92 Å². The van der Waals surface area contributed by atoms with Crippen molar-refractivity contribution in [3.63, 3.8) is 0 Å². The summed E-state index contributed by atoms with van der Waals surface area (Å²) in [6, 6.07) is 5.43. The van der Waals surface area contributed by atoms with Crippen molar-refractivity contribution in [3.05, 3.63) is 34.9 Å². The molecular weight excluding hydrogens is 178 g/mol. The highest BCUT2D eigenvalue weighted by Crippen LogP contribution is 2.17. The molecule has 0 amide bonds. The highest BCUT2D eigenvalue weighted by atomic mass is 16.3. The van der Waals surface area contributed by atoms with Gasteiger partial charge in [0.15, 0.2) is 0 Å². The van der Waals surface area contributed by atoms with Crippen molar-refractivity contribution < 1.29 is 9.90 Å². The molecule has 1 atom stereocenters. The van der Waals surface area contributed by atoms with Crippen LogP contribution < -0.4 is 5.32 Å². The second kappa shape index (κ2) is 4.88. The van der Waals surface area contributed by atoms with Gasteiger partial charge in [0.05, 0.1) is 6.10 Å². The quantitative estimate of drug-likeness (QED) is 0.703. The molecule has 0 aromatic heterocycles. The van der Waals surface area contributed by atoms with Crippen LogP contribution in [0.5, 0.6) is 0 Å². The van der Waals surface area contributed by atoms with Gasteiger partial charge in [-0.15, -0.1) is 0 Å². The van der Waals surface area contributed by atoms with E-state index in [1.54, 1.807) is 13.1 Å². The summed E-state index contributed by atoms with van der Waals surface area (Å²) in [5, 5.41) is 12.6. The van der Waals surface area contributed by atoms with E-state index in [1.165, 1.54) is 0 Å². The van der Waals surface area contributed by atoms with Gasteiger partial charge in [-0.25, -0.2) is 0 Å². The van der Waals surface area contributed by atoms with E-state index in [0.29, 0.717) is 17.7 Å². The average molecular weight is 193 g/mol. The monoisotopic (exact) mass is 193 g/mol. The van der Waals surface area contributed by atoms with E-state index in [-0.39, 0.29) is 0 Å². The number of benzene rings is 1. The fraction of sp³-hybridized carbons (Fsp3) is 0.364. The van der Waals surface area contributed by atoms with Crippen molar-refractivity contribution in [2.24, 2.45) is 0 Å². The number of hydrogen-bond acceptors (Lipinski definition) is 3. The third kappa shape index (κ3) is 2.40. The molecule has 1 unspecified atom stereocenters. The van der Waals surface area contributed by atoms with Crippen molar-refractivity contribution in [2.45, 2.75) is 13.0 Å². The SMILES string of the molecule is CNCC(O)c1cc(C)ccc1C=O. The zero-order valence-corrected chi connectivity index (χ0v) is 8.45. The molecule has 0 spiro atoms. The van der Waals surface area contributed by atoms with Gasteiger partial charge in [0.2, 0.25) is 0 Å². The van der Waals surface area contributed by atoms with Crippen molar-refractivity contribution in [1.82, 2.24) is 5.32 Å². The van der Waals surface area contributed by atoms with Gasteiger partial charge in [-0.1, -0.05) is 23.8 Å². The van der Waals surface area contributed by atoms with E-state index in [4.69, 9.17) is 0 Å². The Kier molecular flexibility index (Phi) is 3.80. The number of aryl methyl sites for hydroxylation is 1. The molecule has 2 N–H and O–H groups in total. The normalized spacial score (nSPS) is 12.5. The summed E-state index contributed by atoms with van der Waals surface area (Å²) in [5.41, 5.74) is 2.29. The zero-order valence-electron chi connectivity index (χ0n) is 8.45. The number of aliphatic hydroxyl groups is 1. The molecule has 0 fully saturated rings. The molecular formula is C11H15NO2. The van der Waals surface area contributed by atoms with Gasteiger partial charge in [-0.3, -0.25) is 4.79 Å². The zero-order chi connectivity index (χ0) is 10.6. The first-order valence-corrected chi connectivity index (χ1v) is 4.57. The van der Waals surface area contributed by atoms with Gasteiger partial charge in [-0.05, 0) is 19.5 Å². The largest absolute Gasteiger partial charge is 0.387 e. The number of hydrogen-bond donors (Lipinski definition) is 2. The molecule has 0 aliphatic carbocycles. The highest BCUT2D eigenvalue weighted by molar-refractivity contribution is 5.77. The molecule has 1 rings (SSSR count). The number of likely N-dealkylation sites (N-methyl/N-ethyl adjacent to an activating group) is 1. The minimum atomic E-state index is -0.625. The van der Waals surface area contributed by atoms with Gasteiger partial charge in [0.25, 0.3) is 0 Å². The second-order valence-electron chi connectivity index (χ2n) is 3.32. The maximum Gasteiger partial charge on any atom is 0.150 e. The number of carbonyl (C=O) groups excluding carboxylic acids is 1. The molecule has 0 aliphatic rings. The molecule has 0 bridgehead atoms. The van der Waals surface area contributed by atoms with Crippen molar-refractivity contribution in [1.29, 1.82) is 0 Å². The van der Waals surface area contributed by atoms with Crippen molar-refractivity contribution in [2.75, 3.05) is 13.6 Å². The number of rotatable bonds is 4. The van der Waals surface area contributed by atoms with Crippen LogP contribution in [-0.4, -0.2) is 25.0 Å². The number of aliphatic hydroxyl groups excluding tert-OH is 1. The summed E-state index contributed by atoms with van der Waals surface area (Å²) in [5.74, 6) is 0. The Hall–Kier alpha value is -1.19. The van der Waals surface area contributed by atoms with Gasteiger partial charge in [0, 0.05) is 12.1 Å². The first-order valence-electron chi connectivity index (χ1n) is 4.57. The lowest BCUT2D eigenvalue weighted by molar-refractivity contribution is 0.111. The predicted molar refractivity (Wildman–Crippen MR) is 55.5 cm³/mol. The molecule has 3 heteroatoms. The van der Waals surface area contributed by atoms with E-state index in [1.807, 2.05) is 19.1 Å². The first kappa shape index (κ1) is 10.9. The maximum absolute atomic E-state index is 10.7. The standard InChI is InChI=1S/C11H15NO2/c1-8-3-4-9(7-13)10(5-8)11(14)6-12-2/h3-5,7,11-12,14H,6H2,1-2H3. The van der Waals surface area contributed by atoms with E-state index < -0.39 is 6.10 Å². The molecule has 0 aliphatic heterocycles. The van der Waals surface area contributed by atoms with Crippen LogP contribution in [0.1, 0.15) is 27.6 Å². The Labute approximate surface area is 83.8 Å². The van der Waals surface area contributed by atoms with Gasteiger partial charge < -0.3 is 10.4 Å². The third-order valence-electron chi connectivity index (χ3n) is 2.13. The number of carbonyl (C=O) groups is 1. The molecule has 0 saturated carbocycles. The molecule has 0 saturated heterocycles. The fourth-order valence-electron chi connectivity index (χ4n) is 1.39. The van der Waals surface area contributed by atoms with Crippen molar-refractivity contribution in [3.8, 4) is 0 Å². The summed E-state index contributed by atoms with van der Waals surface area (Å²) in [6.45, 7) is 2.38. The van der Waals surface area contributed by atoms with Crippen LogP contribution >= 0.6 is 0 Å². The smallest absolute Gasteiger partial charge is 0.150 e. The maximum atomic E-state index is 10.7. The van der Waals surface area contributed by atoms with E-state index in [2.05, 4.69) is 5.32 Å². The summed E-state index contributed by atoms with van der Waals surface area (Å²) in [4.78, 5) is 10.7. The predicted octanol–water partition coefficient (Wildman–Crippen LogP) is 1.06. The Morgan fingerprint density at radius 2 is 2.29 bits per heavy atom. The Morgan fingerprint density at radius 1 is 1.57 bits per heavy atom. The van der Waals surface area contributed by atoms with Crippen LogP contribution in [-0.2, 0) is 0 Å². The summed E-state index contributed by atoms with van der Waals surface area (Å²) in [7, 11) is 1.76. The Balaban J connectivity index is 3.03. The topological polar surface area (TPSA) is 49.3 Å². The molecule has 76 valence electrons. The van der Waals surface area contributed by atoms with E-state index >= 15 is 0 Å². The third-order valence-corrected chi connectivity index (χ3v) is 2.13. The van der Waals surface area contributed by atoms with E-state index in [0.717, 1.165) is 11.8 Å².